The monoisotopic (exact) mass is 274 g/mol. The van der Waals surface area contributed by atoms with Crippen LogP contribution < -0.4 is 0 Å². The topological polar surface area (TPSA) is 43.4 Å². The van der Waals surface area contributed by atoms with Crippen molar-refractivity contribution in [2.45, 2.75) is 52.4 Å². The van der Waals surface area contributed by atoms with E-state index in [4.69, 9.17) is 8.83 Å². The van der Waals surface area contributed by atoms with Crippen molar-refractivity contribution in [1.29, 1.82) is 0 Å². The molecule has 0 fully saturated rings. The SMILES string of the molecule is CCc1ccoc1CCC(=O)CCc1occc1CC. The Morgan fingerprint density at radius 1 is 0.900 bits per heavy atom. The summed E-state index contributed by atoms with van der Waals surface area (Å²) in [6.45, 7) is 4.19. The fraction of sp³-hybridized carbons (Fsp3) is 0.471. The molecule has 0 atom stereocenters. The van der Waals surface area contributed by atoms with E-state index in [1.165, 1.54) is 11.1 Å². The number of ketones is 1. The quantitative estimate of drug-likeness (QED) is 0.727. The summed E-state index contributed by atoms with van der Waals surface area (Å²) < 4.78 is 10.8. The Balaban J connectivity index is 1.78. The molecule has 0 bridgehead atoms. The van der Waals surface area contributed by atoms with Crippen molar-refractivity contribution in [3.63, 3.8) is 0 Å². The predicted molar refractivity (Wildman–Crippen MR) is 77.8 cm³/mol. The zero-order valence-electron chi connectivity index (χ0n) is 12.3. The number of aryl methyl sites for hydroxylation is 4. The second kappa shape index (κ2) is 7.13. The molecule has 0 N–H and O–H groups in total. The van der Waals surface area contributed by atoms with Crippen molar-refractivity contribution in [2.24, 2.45) is 0 Å². The molecular weight excluding hydrogens is 252 g/mol. The van der Waals surface area contributed by atoms with E-state index < -0.39 is 0 Å². The second-order valence-corrected chi connectivity index (χ2v) is 4.98. The number of hydrogen-bond acceptors (Lipinski definition) is 3. The highest BCUT2D eigenvalue weighted by molar-refractivity contribution is 5.78. The molecule has 0 radical (unpaired) electrons. The standard InChI is InChI=1S/C17H22O3/c1-3-13-9-11-19-16(13)7-5-15(18)6-8-17-14(4-2)10-12-20-17/h9-12H,3-8H2,1-2H3. The Bertz CT molecular complexity index is 500. The summed E-state index contributed by atoms with van der Waals surface area (Å²) >= 11 is 0. The molecule has 0 amide bonds. The number of rotatable bonds is 8. The van der Waals surface area contributed by atoms with E-state index in [9.17, 15) is 4.79 Å². The Morgan fingerprint density at radius 3 is 1.75 bits per heavy atom. The van der Waals surface area contributed by atoms with E-state index in [-0.39, 0.29) is 5.78 Å². The Kier molecular flexibility index (Phi) is 5.22. The van der Waals surface area contributed by atoms with Crippen LogP contribution in [0.4, 0.5) is 0 Å². The van der Waals surface area contributed by atoms with Gasteiger partial charge >= 0.3 is 0 Å². The highest BCUT2D eigenvalue weighted by Crippen LogP contribution is 2.16. The Labute approximate surface area is 120 Å². The summed E-state index contributed by atoms with van der Waals surface area (Å²) in [6.07, 6.45) is 7.80. The van der Waals surface area contributed by atoms with Gasteiger partial charge in [-0.15, -0.1) is 0 Å². The van der Waals surface area contributed by atoms with Gasteiger partial charge in [0.25, 0.3) is 0 Å². The first-order valence-electron chi connectivity index (χ1n) is 7.36. The van der Waals surface area contributed by atoms with Crippen molar-refractivity contribution in [1.82, 2.24) is 0 Å². The van der Waals surface area contributed by atoms with E-state index in [1.807, 2.05) is 12.1 Å². The van der Waals surface area contributed by atoms with Crippen LogP contribution in [0.5, 0.6) is 0 Å². The molecule has 0 aliphatic carbocycles. The van der Waals surface area contributed by atoms with Gasteiger partial charge < -0.3 is 8.83 Å². The van der Waals surface area contributed by atoms with E-state index in [2.05, 4.69) is 13.8 Å². The fourth-order valence-electron chi connectivity index (χ4n) is 2.43. The summed E-state index contributed by atoms with van der Waals surface area (Å²) in [5.74, 6) is 2.17. The molecule has 2 rings (SSSR count). The minimum Gasteiger partial charge on any atom is -0.469 e. The van der Waals surface area contributed by atoms with E-state index in [0.717, 1.165) is 24.4 Å². The lowest BCUT2D eigenvalue weighted by molar-refractivity contribution is -0.119. The molecule has 2 aromatic heterocycles. The molecule has 0 saturated carbocycles. The van der Waals surface area contributed by atoms with Crippen LogP contribution >= 0.6 is 0 Å². The smallest absolute Gasteiger partial charge is 0.133 e. The summed E-state index contributed by atoms with van der Waals surface area (Å²) in [4.78, 5) is 11.9. The van der Waals surface area contributed by atoms with Gasteiger partial charge in [-0.2, -0.15) is 0 Å². The number of carbonyl (C=O) groups is 1. The lowest BCUT2D eigenvalue weighted by Gasteiger charge is -2.02. The fourth-order valence-corrected chi connectivity index (χ4v) is 2.43. The number of furan rings is 2. The maximum atomic E-state index is 11.9. The molecule has 0 saturated heterocycles. The molecule has 0 aliphatic rings. The summed E-state index contributed by atoms with van der Waals surface area (Å²) in [5, 5.41) is 0. The molecule has 0 unspecified atom stereocenters. The Hall–Kier alpha value is -1.77. The van der Waals surface area contributed by atoms with Crippen molar-refractivity contribution in [3.8, 4) is 0 Å². The molecule has 0 aliphatic heterocycles. The van der Waals surface area contributed by atoms with Crippen molar-refractivity contribution in [2.75, 3.05) is 0 Å². The minimum atomic E-state index is 0.266. The predicted octanol–water partition coefficient (Wildman–Crippen LogP) is 4.13. The summed E-state index contributed by atoms with van der Waals surface area (Å²) in [5.41, 5.74) is 2.41. The molecule has 108 valence electrons. The van der Waals surface area contributed by atoms with Gasteiger partial charge in [-0.1, -0.05) is 13.8 Å². The van der Waals surface area contributed by atoms with Crippen LogP contribution in [0.15, 0.2) is 33.5 Å². The average Bonchev–Trinajstić information content (AvgIpc) is 3.10. The van der Waals surface area contributed by atoms with Gasteiger partial charge in [0, 0.05) is 25.7 Å². The van der Waals surface area contributed by atoms with E-state index >= 15 is 0 Å². The number of Topliss-reactive ketones (excluding diaryl/α,β-unsaturated/α-hetero) is 1. The van der Waals surface area contributed by atoms with Crippen LogP contribution in [-0.4, -0.2) is 5.78 Å². The first-order valence-corrected chi connectivity index (χ1v) is 7.36. The first kappa shape index (κ1) is 14.6. The second-order valence-electron chi connectivity index (χ2n) is 4.98. The van der Waals surface area contributed by atoms with Crippen LogP contribution in [-0.2, 0) is 30.5 Å². The van der Waals surface area contributed by atoms with Gasteiger partial charge in [0.05, 0.1) is 12.5 Å². The zero-order chi connectivity index (χ0) is 14.4. The van der Waals surface area contributed by atoms with Crippen molar-refractivity contribution >= 4 is 5.78 Å². The third kappa shape index (κ3) is 3.62. The van der Waals surface area contributed by atoms with Gasteiger partial charge in [-0.25, -0.2) is 0 Å². The summed E-state index contributed by atoms with van der Waals surface area (Å²) in [7, 11) is 0. The van der Waals surface area contributed by atoms with Crippen LogP contribution in [0.3, 0.4) is 0 Å². The van der Waals surface area contributed by atoms with Crippen LogP contribution in [0.25, 0.3) is 0 Å². The first-order chi connectivity index (χ1) is 9.74. The largest absolute Gasteiger partial charge is 0.469 e. The highest BCUT2D eigenvalue weighted by Gasteiger charge is 2.11. The van der Waals surface area contributed by atoms with E-state index in [1.54, 1.807) is 12.5 Å². The zero-order valence-corrected chi connectivity index (χ0v) is 12.3. The third-order valence-electron chi connectivity index (χ3n) is 3.70. The molecule has 2 aromatic rings. The van der Waals surface area contributed by atoms with Crippen LogP contribution in [0.2, 0.25) is 0 Å². The molecule has 0 spiro atoms. The molecule has 20 heavy (non-hydrogen) atoms. The molecule has 2 heterocycles. The van der Waals surface area contributed by atoms with Crippen LogP contribution in [0, 0.1) is 0 Å². The van der Waals surface area contributed by atoms with Gasteiger partial charge in [0.2, 0.25) is 0 Å². The molecule has 3 nitrogen and oxygen atoms in total. The minimum absolute atomic E-state index is 0.266. The van der Waals surface area contributed by atoms with Crippen molar-refractivity contribution in [3.05, 3.63) is 47.3 Å². The van der Waals surface area contributed by atoms with Gasteiger partial charge in [-0.3, -0.25) is 4.79 Å². The maximum Gasteiger partial charge on any atom is 0.133 e. The molecule has 0 aromatic carbocycles. The van der Waals surface area contributed by atoms with Crippen molar-refractivity contribution < 1.29 is 13.6 Å². The normalized spacial score (nSPS) is 10.9. The average molecular weight is 274 g/mol. The lowest BCUT2D eigenvalue weighted by Crippen LogP contribution is -2.03. The molecular formula is C17H22O3. The number of carbonyl (C=O) groups excluding carboxylic acids is 1. The third-order valence-corrected chi connectivity index (χ3v) is 3.70. The Morgan fingerprint density at radius 2 is 1.35 bits per heavy atom. The number of hydrogen-bond donors (Lipinski definition) is 0. The lowest BCUT2D eigenvalue weighted by atomic mass is 10.0. The highest BCUT2D eigenvalue weighted by atomic mass is 16.3. The summed E-state index contributed by atoms with van der Waals surface area (Å²) in [6, 6.07) is 3.96. The van der Waals surface area contributed by atoms with Gasteiger partial charge in [0.1, 0.15) is 17.3 Å². The van der Waals surface area contributed by atoms with Gasteiger partial charge in [0.15, 0.2) is 0 Å². The van der Waals surface area contributed by atoms with E-state index in [0.29, 0.717) is 25.7 Å². The van der Waals surface area contributed by atoms with Crippen LogP contribution in [0.1, 0.15) is 49.3 Å². The van der Waals surface area contributed by atoms with Gasteiger partial charge in [-0.05, 0) is 36.1 Å². The maximum absolute atomic E-state index is 11.9. The molecule has 3 heteroatoms.